The molecular formula is C14H18ClF2N3O. The maximum atomic E-state index is 13.5. The van der Waals surface area contributed by atoms with Crippen LogP contribution in [0.4, 0.5) is 8.78 Å². The first kappa shape index (κ1) is 17.5. The molecule has 0 radical (unpaired) electrons. The molecule has 1 N–H and O–H groups in total. The topological polar surface area (TPSA) is 51.0 Å². The van der Waals surface area contributed by atoms with Gasteiger partial charge in [-0.2, -0.15) is 4.98 Å². The van der Waals surface area contributed by atoms with E-state index in [0.29, 0.717) is 36.5 Å². The summed E-state index contributed by atoms with van der Waals surface area (Å²) in [7, 11) is 1.86. The Bertz CT molecular complexity index is 577. The summed E-state index contributed by atoms with van der Waals surface area (Å²) >= 11 is 0. The van der Waals surface area contributed by atoms with Crippen LogP contribution in [0.2, 0.25) is 0 Å². The highest BCUT2D eigenvalue weighted by Gasteiger charge is 2.11. The summed E-state index contributed by atoms with van der Waals surface area (Å²) in [5, 5.41) is 6.94. The molecule has 2 aromatic rings. The third-order valence-electron chi connectivity index (χ3n) is 3.11. The summed E-state index contributed by atoms with van der Waals surface area (Å²) in [6, 6.07) is 3.66. The molecule has 0 saturated carbocycles. The van der Waals surface area contributed by atoms with Crippen molar-refractivity contribution >= 4 is 12.4 Å². The first-order valence-electron chi connectivity index (χ1n) is 6.51. The van der Waals surface area contributed by atoms with Gasteiger partial charge in [0.25, 0.3) is 0 Å². The van der Waals surface area contributed by atoms with Crippen molar-refractivity contribution in [3.8, 4) is 0 Å². The van der Waals surface area contributed by atoms with E-state index >= 15 is 0 Å². The summed E-state index contributed by atoms with van der Waals surface area (Å²) in [5.41, 5.74) is 0.313. The summed E-state index contributed by atoms with van der Waals surface area (Å²) in [6.07, 6.45) is 1.38. The second-order valence-corrected chi connectivity index (χ2v) is 4.73. The highest BCUT2D eigenvalue weighted by atomic mass is 35.5. The molecule has 1 atom stereocenters. The lowest BCUT2D eigenvalue weighted by atomic mass is 10.1. The maximum absolute atomic E-state index is 13.5. The number of aryl methyl sites for hydroxylation is 2. The van der Waals surface area contributed by atoms with Gasteiger partial charge in [-0.15, -0.1) is 12.4 Å². The molecule has 7 heteroatoms. The van der Waals surface area contributed by atoms with Crippen molar-refractivity contribution < 1.29 is 13.3 Å². The molecule has 1 heterocycles. The van der Waals surface area contributed by atoms with Crippen LogP contribution in [0.1, 0.15) is 24.2 Å². The van der Waals surface area contributed by atoms with Gasteiger partial charge < -0.3 is 9.84 Å². The van der Waals surface area contributed by atoms with Crippen molar-refractivity contribution in [3.05, 3.63) is 47.1 Å². The highest BCUT2D eigenvalue weighted by molar-refractivity contribution is 5.85. The molecule has 2 rings (SSSR count). The SMILES string of the molecule is CNC(C)Cc1noc(CCc2cc(F)ccc2F)n1.Cl. The Morgan fingerprint density at radius 1 is 1.29 bits per heavy atom. The Hall–Kier alpha value is -1.53. The van der Waals surface area contributed by atoms with E-state index in [9.17, 15) is 8.78 Å². The lowest BCUT2D eigenvalue weighted by Crippen LogP contribution is -2.24. The quantitative estimate of drug-likeness (QED) is 0.890. The molecular weight excluding hydrogens is 300 g/mol. The zero-order valence-electron chi connectivity index (χ0n) is 11.9. The van der Waals surface area contributed by atoms with Crippen LogP contribution in [-0.2, 0) is 19.3 Å². The van der Waals surface area contributed by atoms with Gasteiger partial charge in [0.15, 0.2) is 5.82 Å². The number of nitrogens with one attached hydrogen (secondary N) is 1. The number of aromatic nitrogens is 2. The predicted octanol–water partition coefficient (Wildman–Crippen LogP) is 2.71. The van der Waals surface area contributed by atoms with Crippen LogP contribution in [-0.4, -0.2) is 23.2 Å². The van der Waals surface area contributed by atoms with Crippen molar-refractivity contribution in [3.63, 3.8) is 0 Å². The molecule has 21 heavy (non-hydrogen) atoms. The molecule has 4 nitrogen and oxygen atoms in total. The van der Waals surface area contributed by atoms with Crippen molar-refractivity contribution in [2.75, 3.05) is 7.05 Å². The minimum absolute atomic E-state index is 0. The average molecular weight is 318 g/mol. The standard InChI is InChI=1S/C14H17F2N3O.ClH/c1-9(17-2)7-13-18-14(20-19-13)6-3-10-8-11(15)4-5-12(10)16;/h4-5,8-9,17H,3,6-7H2,1-2H3;1H. The summed E-state index contributed by atoms with van der Waals surface area (Å²) in [6.45, 7) is 2.01. The van der Waals surface area contributed by atoms with Gasteiger partial charge in [0.1, 0.15) is 11.6 Å². The van der Waals surface area contributed by atoms with Crippen LogP contribution < -0.4 is 5.32 Å². The minimum Gasteiger partial charge on any atom is -0.339 e. The van der Waals surface area contributed by atoms with Gasteiger partial charge in [-0.3, -0.25) is 0 Å². The smallest absolute Gasteiger partial charge is 0.226 e. The Labute approximate surface area is 128 Å². The lowest BCUT2D eigenvalue weighted by molar-refractivity contribution is 0.370. The van der Waals surface area contributed by atoms with Crippen molar-refractivity contribution in [1.82, 2.24) is 15.5 Å². The van der Waals surface area contributed by atoms with E-state index in [1.807, 2.05) is 14.0 Å². The van der Waals surface area contributed by atoms with E-state index < -0.39 is 11.6 Å². The monoisotopic (exact) mass is 317 g/mol. The fraction of sp³-hybridized carbons (Fsp3) is 0.429. The number of benzene rings is 1. The fourth-order valence-corrected chi connectivity index (χ4v) is 1.83. The van der Waals surface area contributed by atoms with Gasteiger partial charge >= 0.3 is 0 Å². The first-order valence-corrected chi connectivity index (χ1v) is 6.51. The fourth-order valence-electron chi connectivity index (χ4n) is 1.83. The molecule has 1 aromatic carbocycles. The van der Waals surface area contributed by atoms with Crippen LogP contribution in [0.3, 0.4) is 0 Å². The van der Waals surface area contributed by atoms with Crippen molar-refractivity contribution in [2.45, 2.75) is 32.2 Å². The molecule has 0 bridgehead atoms. The molecule has 1 unspecified atom stereocenters. The highest BCUT2D eigenvalue weighted by Crippen LogP contribution is 2.12. The molecule has 0 aliphatic heterocycles. The van der Waals surface area contributed by atoms with E-state index in [1.165, 1.54) is 6.07 Å². The van der Waals surface area contributed by atoms with Gasteiger partial charge in [-0.1, -0.05) is 5.16 Å². The third kappa shape index (κ3) is 5.06. The molecule has 0 saturated heterocycles. The minimum atomic E-state index is -0.449. The number of hydrogen-bond donors (Lipinski definition) is 1. The largest absolute Gasteiger partial charge is 0.339 e. The number of nitrogens with zero attached hydrogens (tertiary/aromatic N) is 2. The second kappa shape index (κ2) is 8.05. The van der Waals surface area contributed by atoms with Gasteiger partial charge in [-0.25, -0.2) is 8.78 Å². The first-order chi connectivity index (χ1) is 9.58. The van der Waals surface area contributed by atoms with Crippen LogP contribution in [0.15, 0.2) is 22.7 Å². The van der Waals surface area contributed by atoms with E-state index in [2.05, 4.69) is 15.5 Å². The summed E-state index contributed by atoms with van der Waals surface area (Å²) in [4.78, 5) is 4.23. The van der Waals surface area contributed by atoms with E-state index in [0.717, 1.165) is 12.1 Å². The normalized spacial score (nSPS) is 12.0. The second-order valence-electron chi connectivity index (χ2n) is 4.73. The van der Waals surface area contributed by atoms with Crippen molar-refractivity contribution in [2.24, 2.45) is 0 Å². The predicted molar refractivity (Wildman–Crippen MR) is 77.5 cm³/mol. The van der Waals surface area contributed by atoms with Crippen LogP contribution >= 0.6 is 12.4 Å². The average Bonchev–Trinajstić information content (AvgIpc) is 2.87. The number of likely N-dealkylation sites (N-methyl/N-ethyl adjacent to an activating group) is 1. The number of rotatable bonds is 6. The van der Waals surface area contributed by atoms with Crippen LogP contribution in [0.5, 0.6) is 0 Å². The van der Waals surface area contributed by atoms with E-state index in [-0.39, 0.29) is 18.4 Å². The van der Waals surface area contributed by atoms with Gasteiger partial charge in [0.05, 0.1) is 0 Å². The molecule has 1 aromatic heterocycles. The zero-order valence-corrected chi connectivity index (χ0v) is 12.7. The molecule has 0 spiro atoms. The maximum Gasteiger partial charge on any atom is 0.226 e. The zero-order chi connectivity index (χ0) is 14.5. The lowest BCUT2D eigenvalue weighted by Gasteiger charge is -2.04. The van der Waals surface area contributed by atoms with Gasteiger partial charge in [-0.05, 0) is 44.2 Å². The van der Waals surface area contributed by atoms with Gasteiger partial charge in [0, 0.05) is 18.9 Å². The molecule has 0 amide bonds. The Morgan fingerprint density at radius 3 is 2.76 bits per heavy atom. The summed E-state index contributed by atoms with van der Waals surface area (Å²) < 4.78 is 31.6. The Balaban J connectivity index is 0.00000220. The summed E-state index contributed by atoms with van der Waals surface area (Å²) in [5.74, 6) is 0.180. The molecule has 0 fully saturated rings. The van der Waals surface area contributed by atoms with Crippen LogP contribution in [0.25, 0.3) is 0 Å². The number of halogens is 3. The Morgan fingerprint density at radius 2 is 2.05 bits per heavy atom. The Kier molecular flexibility index (Phi) is 6.71. The van der Waals surface area contributed by atoms with Crippen molar-refractivity contribution in [1.29, 1.82) is 0 Å². The van der Waals surface area contributed by atoms with Crippen LogP contribution in [0, 0.1) is 11.6 Å². The number of hydrogen-bond acceptors (Lipinski definition) is 4. The van der Waals surface area contributed by atoms with E-state index in [1.54, 1.807) is 0 Å². The molecule has 0 aliphatic carbocycles. The third-order valence-corrected chi connectivity index (χ3v) is 3.11. The molecule has 116 valence electrons. The molecule has 0 aliphatic rings. The van der Waals surface area contributed by atoms with E-state index in [4.69, 9.17) is 4.52 Å². The van der Waals surface area contributed by atoms with Gasteiger partial charge in [0.2, 0.25) is 5.89 Å².